The van der Waals surface area contributed by atoms with Gasteiger partial charge in [0.1, 0.15) is 0 Å². The molecule has 1 aromatic carbocycles. The summed E-state index contributed by atoms with van der Waals surface area (Å²) in [5.41, 5.74) is 0.991. The molecule has 0 aliphatic carbocycles. The van der Waals surface area contributed by atoms with E-state index in [0.717, 1.165) is 12.8 Å². The van der Waals surface area contributed by atoms with Gasteiger partial charge in [0.25, 0.3) is 0 Å². The lowest BCUT2D eigenvalue weighted by molar-refractivity contribution is -0.139. The SMILES string of the molecule is COCCNC(=O)C(=O)NCC1(c2ccccc2)CCOCC1. The Balaban J connectivity index is 1.96. The van der Waals surface area contributed by atoms with E-state index in [9.17, 15) is 9.59 Å². The van der Waals surface area contributed by atoms with Crippen LogP contribution in [0.2, 0.25) is 0 Å². The Hall–Kier alpha value is -1.92. The second-order valence-corrected chi connectivity index (χ2v) is 5.69. The van der Waals surface area contributed by atoms with Crippen molar-refractivity contribution in [3.05, 3.63) is 35.9 Å². The van der Waals surface area contributed by atoms with Crippen molar-refractivity contribution in [2.75, 3.05) is 40.0 Å². The molecule has 0 spiro atoms. The van der Waals surface area contributed by atoms with Gasteiger partial charge in [-0.05, 0) is 18.4 Å². The van der Waals surface area contributed by atoms with Crippen LogP contribution in [0.1, 0.15) is 18.4 Å². The summed E-state index contributed by atoms with van der Waals surface area (Å²) in [6.07, 6.45) is 1.64. The molecule has 6 heteroatoms. The monoisotopic (exact) mass is 320 g/mol. The minimum Gasteiger partial charge on any atom is -0.383 e. The van der Waals surface area contributed by atoms with Crippen LogP contribution >= 0.6 is 0 Å². The highest BCUT2D eigenvalue weighted by molar-refractivity contribution is 6.35. The van der Waals surface area contributed by atoms with E-state index in [2.05, 4.69) is 22.8 Å². The van der Waals surface area contributed by atoms with Gasteiger partial charge in [-0.25, -0.2) is 0 Å². The number of hydrogen-bond acceptors (Lipinski definition) is 4. The molecule has 2 rings (SSSR count). The average molecular weight is 320 g/mol. The Morgan fingerprint density at radius 1 is 1.13 bits per heavy atom. The van der Waals surface area contributed by atoms with Crippen LogP contribution < -0.4 is 10.6 Å². The van der Waals surface area contributed by atoms with Gasteiger partial charge in [0.2, 0.25) is 0 Å². The van der Waals surface area contributed by atoms with E-state index in [1.165, 1.54) is 5.56 Å². The summed E-state index contributed by atoms with van der Waals surface area (Å²) in [6.45, 7) is 2.44. The standard InChI is InChI=1S/C17H24N2O4/c1-22-12-9-18-15(20)16(21)19-13-17(7-10-23-11-8-17)14-5-3-2-4-6-14/h2-6H,7-13H2,1H3,(H,18,20)(H,19,21). The summed E-state index contributed by atoms with van der Waals surface area (Å²) >= 11 is 0. The normalized spacial score (nSPS) is 16.6. The quantitative estimate of drug-likeness (QED) is 0.595. The summed E-state index contributed by atoms with van der Waals surface area (Å²) in [5, 5.41) is 5.29. The van der Waals surface area contributed by atoms with Crippen LogP contribution in [0.3, 0.4) is 0 Å². The number of ether oxygens (including phenoxy) is 2. The van der Waals surface area contributed by atoms with E-state index in [4.69, 9.17) is 9.47 Å². The highest BCUT2D eigenvalue weighted by atomic mass is 16.5. The van der Waals surface area contributed by atoms with Gasteiger partial charge in [-0.2, -0.15) is 0 Å². The van der Waals surface area contributed by atoms with Crippen LogP contribution in [0, 0.1) is 0 Å². The fourth-order valence-corrected chi connectivity index (χ4v) is 2.80. The zero-order valence-electron chi connectivity index (χ0n) is 13.5. The third kappa shape index (κ3) is 4.77. The smallest absolute Gasteiger partial charge is 0.309 e. The Morgan fingerprint density at radius 3 is 2.43 bits per heavy atom. The van der Waals surface area contributed by atoms with Crippen molar-refractivity contribution in [2.45, 2.75) is 18.3 Å². The topological polar surface area (TPSA) is 76.7 Å². The van der Waals surface area contributed by atoms with Crippen molar-refractivity contribution >= 4 is 11.8 Å². The van der Waals surface area contributed by atoms with E-state index in [0.29, 0.717) is 32.9 Å². The van der Waals surface area contributed by atoms with Crippen LogP contribution in [0.15, 0.2) is 30.3 Å². The summed E-state index contributed by atoms with van der Waals surface area (Å²) in [4.78, 5) is 23.7. The first kappa shape index (κ1) is 17.4. The number of rotatable bonds is 6. The summed E-state index contributed by atoms with van der Waals surface area (Å²) < 4.78 is 10.3. The van der Waals surface area contributed by atoms with Crippen molar-refractivity contribution in [2.24, 2.45) is 0 Å². The minimum absolute atomic E-state index is 0.179. The molecular formula is C17H24N2O4. The highest BCUT2D eigenvalue weighted by Crippen LogP contribution is 2.34. The van der Waals surface area contributed by atoms with E-state index in [-0.39, 0.29) is 5.41 Å². The molecule has 0 atom stereocenters. The Bertz CT molecular complexity index is 513. The number of carbonyl (C=O) groups excluding carboxylic acids is 2. The largest absolute Gasteiger partial charge is 0.383 e. The first-order chi connectivity index (χ1) is 11.2. The maximum Gasteiger partial charge on any atom is 0.309 e. The zero-order valence-corrected chi connectivity index (χ0v) is 13.5. The summed E-state index contributed by atoms with van der Waals surface area (Å²) in [6, 6.07) is 10.1. The Morgan fingerprint density at radius 2 is 1.78 bits per heavy atom. The number of nitrogens with one attached hydrogen (secondary N) is 2. The second kappa shape index (κ2) is 8.64. The molecule has 1 aromatic rings. The van der Waals surface area contributed by atoms with Gasteiger partial charge in [-0.3, -0.25) is 9.59 Å². The molecule has 126 valence electrons. The van der Waals surface area contributed by atoms with Crippen LogP contribution in [-0.4, -0.2) is 51.8 Å². The molecule has 1 saturated heterocycles. The van der Waals surface area contributed by atoms with Crippen LogP contribution in [0.25, 0.3) is 0 Å². The first-order valence-electron chi connectivity index (χ1n) is 7.86. The molecule has 0 aromatic heterocycles. The van der Waals surface area contributed by atoms with Gasteiger partial charge in [0.15, 0.2) is 0 Å². The molecule has 1 aliphatic rings. The molecule has 2 N–H and O–H groups in total. The van der Waals surface area contributed by atoms with Gasteiger partial charge in [-0.1, -0.05) is 30.3 Å². The fourth-order valence-electron chi connectivity index (χ4n) is 2.80. The van der Waals surface area contributed by atoms with Gasteiger partial charge in [0.05, 0.1) is 6.61 Å². The van der Waals surface area contributed by atoms with Crippen molar-refractivity contribution in [3.63, 3.8) is 0 Å². The predicted octanol–water partition coefficient (Wildman–Crippen LogP) is 0.614. The molecule has 2 amide bonds. The highest BCUT2D eigenvalue weighted by Gasteiger charge is 2.35. The van der Waals surface area contributed by atoms with E-state index in [1.807, 2.05) is 18.2 Å². The van der Waals surface area contributed by atoms with Gasteiger partial charge in [-0.15, -0.1) is 0 Å². The number of benzene rings is 1. The molecule has 0 unspecified atom stereocenters. The maximum absolute atomic E-state index is 12.0. The summed E-state index contributed by atoms with van der Waals surface area (Å²) in [5.74, 6) is -1.24. The van der Waals surface area contributed by atoms with Gasteiger partial charge < -0.3 is 20.1 Å². The number of hydrogen-bond donors (Lipinski definition) is 2. The Labute approximate surface area is 136 Å². The van der Waals surface area contributed by atoms with Crippen molar-refractivity contribution in [3.8, 4) is 0 Å². The molecule has 23 heavy (non-hydrogen) atoms. The molecule has 6 nitrogen and oxygen atoms in total. The van der Waals surface area contributed by atoms with Crippen LogP contribution in [0.5, 0.6) is 0 Å². The molecule has 1 heterocycles. The lowest BCUT2D eigenvalue weighted by Crippen LogP contribution is -2.48. The lowest BCUT2D eigenvalue weighted by atomic mass is 9.74. The predicted molar refractivity (Wildman–Crippen MR) is 86.1 cm³/mol. The number of carbonyl (C=O) groups is 2. The van der Waals surface area contributed by atoms with Crippen LogP contribution in [0.4, 0.5) is 0 Å². The van der Waals surface area contributed by atoms with Crippen LogP contribution in [-0.2, 0) is 24.5 Å². The zero-order chi connectivity index (χ0) is 16.5. The minimum atomic E-state index is -0.627. The second-order valence-electron chi connectivity index (χ2n) is 5.69. The Kier molecular flexibility index (Phi) is 6.55. The van der Waals surface area contributed by atoms with Gasteiger partial charge >= 0.3 is 11.8 Å². The molecule has 1 aliphatic heterocycles. The lowest BCUT2D eigenvalue weighted by Gasteiger charge is -2.37. The molecule has 1 fully saturated rings. The number of amides is 2. The fraction of sp³-hybridized carbons (Fsp3) is 0.529. The molecule has 0 radical (unpaired) electrons. The molecular weight excluding hydrogens is 296 g/mol. The van der Waals surface area contributed by atoms with Crippen molar-refractivity contribution in [1.82, 2.24) is 10.6 Å². The van der Waals surface area contributed by atoms with E-state index < -0.39 is 11.8 Å². The van der Waals surface area contributed by atoms with Crippen molar-refractivity contribution in [1.29, 1.82) is 0 Å². The van der Waals surface area contributed by atoms with E-state index >= 15 is 0 Å². The number of methoxy groups -OCH3 is 1. The third-order valence-corrected chi connectivity index (χ3v) is 4.22. The van der Waals surface area contributed by atoms with E-state index in [1.54, 1.807) is 7.11 Å². The van der Waals surface area contributed by atoms with Gasteiger partial charge in [0, 0.05) is 38.8 Å². The van der Waals surface area contributed by atoms with Crippen molar-refractivity contribution < 1.29 is 19.1 Å². The average Bonchev–Trinajstić information content (AvgIpc) is 2.61. The maximum atomic E-state index is 12.0. The molecule has 0 saturated carbocycles. The third-order valence-electron chi connectivity index (χ3n) is 4.22. The first-order valence-corrected chi connectivity index (χ1v) is 7.86. The summed E-state index contributed by atoms with van der Waals surface area (Å²) in [7, 11) is 1.54. The molecule has 0 bridgehead atoms.